The minimum atomic E-state index is -0.00540. The fourth-order valence-corrected chi connectivity index (χ4v) is 4.39. The predicted molar refractivity (Wildman–Crippen MR) is 140 cm³/mol. The molecule has 2 aromatic heterocycles. The van der Waals surface area contributed by atoms with Crippen LogP contribution in [-0.2, 0) is 17.8 Å². The fraction of sp³-hybridized carbons (Fsp3) is 0.172. The molecule has 0 saturated heterocycles. The lowest BCUT2D eigenvalue weighted by Gasteiger charge is -2.09. The number of imidazole rings is 1. The van der Waals surface area contributed by atoms with Crippen LogP contribution in [0.5, 0.6) is 5.75 Å². The van der Waals surface area contributed by atoms with Crippen molar-refractivity contribution >= 4 is 22.5 Å². The van der Waals surface area contributed by atoms with E-state index in [1.54, 1.807) is 13.3 Å². The quantitative estimate of drug-likeness (QED) is 0.297. The molecule has 0 spiro atoms. The molecule has 5 aromatic rings. The molecule has 35 heavy (non-hydrogen) atoms. The molecule has 1 amide bonds. The molecule has 6 heteroatoms. The van der Waals surface area contributed by atoms with Crippen molar-refractivity contribution in [1.29, 1.82) is 0 Å². The summed E-state index contributed by atoms with van der Waals surface area (Å²) in [7, 11) is 1.66. The molecule has 0 radical (unpaired) electrons. The van der Waals surface area contributed by atoms with Crippen LogP contribution in [0.15, 0.2) is 85.2 Å². The molecule has 0 unspecified atom stereocenters. The van der Waals surface area contributed by atoms with Crippen LogP contribution >= 0.6 is 0 Å². The highest BCUT2D eigenvalue weighted by Gasteiger charge is 2.15. The van der Waals surface area contributed by atoms with Gasteiger partial charge in [0.05, 0.1) is 7.11 Å². The summed E-state index contributed by atoms with van der Waals surface area (Å²) in [6.45, 7) is 2.75. The zero-order chi connectivity index (χ0) is 24.2. The Morgan fingerprint density at radius 2 is 1.80 bits per heavy atom. The first kappa shape index (κ1) is 22.5. The molecule has 2 N–H and O–H groups in total. The van der Waals surface area contributed by atoms with Crippen molar-refractivity contribution in [1.82, 2.24) is 14.5 Å². The first-order valence-corrected chi connectivity index (χ1v) is 11.7. The highest BCUT2D eigenvalue weighted by atomic mass is 16.5. The summed E-state index contributed by atoms with van der Waals surface area (Å²) in [6.07, 6.45) is 4.80. The summed E-state index contributed by atoms with van der Waals surface area (Å²) in [4.78, 5) is 20.6. The van der Waals surface area contributed by atoms with Gasteiger partial charge in [0.15, 0.2) is 0 Å². The molecule has 176 valence electrons. The number of benzene rings is 3. The summed E-state index contributed by atoms with van der Waals surface area (Å²) in [5.74, 6) is 1.79. The number of fused-ring (bicyclic) bond motifs is 1. The lowest BCUT2D eigenvalue weighted by Crippen LogP contribution is -2.12. The summed E-state index contributed by atoms with van der Waals surface area (Å²) in [6, 6.07) is 24.2. The molecule has 3 aromatic carbocycles. The second-order valence-corrected chi connectivity index (χ2v) is 8.60. The number of hydrogen-bond acceptors (Lipinski definition) is 3. The summed E-state index contributed by atoms with van der Waals surface area (Å²) < 4.78 is 7.39. The molecule has 5 rings (SSSR count). The van der Waals surface area contributed by atoms with Crippen LogP contribution in [0.25, 0.3) is 22.2 Å². The van der Waals surface area contributed by atoms with Crippen LogP contribution in [0.2, 0.25) is 0 Å². The molecular weight excluding hydrogens is 436 g/mol. The summed E-state index contributed by atoms with van der Waals surface area (Å²) >= 11 is 0. The number of aryl methyl sites for hydroxylation is 2. The van der Waals surface area contributed by atoms with Gasteiger partial charge in [-0.3, -0.25) is 4.79 Å². The minimum Gasteiger partial charge on any atom is -0.497 e. The highest BCUT2D eigenvalue weighted by molar-refractivity contribution is 5.94. The van der Waals surface area contributed by atoms with Gasteiger partial charge in [-0.05, 0) is 72.5 Å². The number of ether oxygens (including phenoxy) is 1. The first-order chi connectivity index (χ1) is 17.1. The monoisotopic (exact) mass is 464 g/mol. The number of anilines is 1. The van der Waals surface area contributed by atoms with Crippen LogP contribution in [0.4, 0.5) is 5.69 Å². The number of amides is 1. The van der Waals surface area contributed by atoms with Crippen molar-refractivity contribution in [3.8, 4) is 17.0 Å². The molecule has 0 aliphatic carbocycles. The van der Waals surface area contributed by atoms with Gasteiger partial charge in [0, 0.05) is 47.6 Å². The van der Waals surface area contributed by atoms with E-state index in [-0.39, 0.29) is 5.91 Å². The van der Waals surface area contributed by atoms with Gasteiger partial charge >= 0.3 is 0 Å². The zero-order valence-electron chi connectivity index (χ0n) is 19.9. The van der Waals surface area contributed by atoms with Gasteiger partial charge < -0.3 is 19.6 Å². The van der Waals surface area contributed by atoms with Crippen LogP contribution in [0.3, 0.4) is 0 Å². The number of hydrogen-bond donors (Lipinski definition) is 2. The number of aromatic amines is 1. The Balaban J connectivity index is 1.28. The smallest absolute Gasteiger partial charge is 0.224 e. The molecule has 0 bridgehead atoms. The van der Waals surface area contributed by atoms with Crippen molar-refractivity contribution in [2.75, 3.05) is 12.4 Å². The van der Waals surface area contributed by atoms with E-state index in [1.807, 2.05) is 73.8 Å². The predicted octanol–water partition coefficient (Wildman–Crippen LogP) is 5.97. The Morgan fingerprint density at radius 1 is 1.03 bits per heavy atom. The molecule has 0 atom stereocenters. The Hall–Kier alpha value is -4.32. The molecular formula is C29H28N4O2. The zero-order valence-corrected chi connectivity index (χ0v) is 19.9. The van der Waals surface area contributed by atoms with E-state index in [1.165, 1.54) is 0 Å². The molecule has 6 nitrogen and oxygen atoms in total. The van der Waals surface area contributed by atoms with Crippen molar-refractivity contribution < 1.29 is 9.53 Å². The van der Waals surface area contributed by atoms with Crippen molar-refractivity contribution in [2.24, 2.45) is 0 Å². The topological polar surface area (TPSA) is 71.9 Å². The number of nitrogens with one attached hydrogen (secondary N) is 2. The largest absolute Gasteiger partial charge is 0.497 e. The molecule has 0 aliphatic heterocycles. The number of rotatable bonds is 8. The van der Waals surface area contributed by atoms with E-state index in [4.69, 9.17) is 4.74 Å². The maximum atomic E-state index is 12.8. The van der Waals surface area contributed by atoms with Crippen LogP contribution < -0.4 is 10.1 Å². The average molecular weight is 465 g/mol. The number of nitrogens with zero attached hydrogens (tertiary/aromatic N) is 2. The number of methoxy groups -OCH3 is 1. The van der Waals surface area contributed by atoms with E-state index in [0.29, 0.717) is 12.8 Å². The number of aromatic nitrogens is 3. The Kier molecular flexibility index (Phi) is 6.35. The van der Waals surface area contributed by atoms with Crippen molar-refractivity contribution in [2.45, 2.75) is 26.3 Å². The van der Waals surface area contributed by atoms with Gasteiger partial charge in [0.2, 0.25) is 5.91 Å². The number of H-pyrrole nitrogens is 1. The first-order valence-electron chi connectivity index (χ1n) is 11.7. The highest BCUT2D eigenvalue weighted by Crippen LogP contribution is 2.32. The van der Waals surface area contributed by atoms with Gasteiger partial charge in [-0.2, -0.15) is 0 Å². The number of carbonyl (C=O) groups is 1. The number of para-hydroxylation sites is 1. The second-order valence-electron chi connectivity index (χ2n) is 8.60. The standard InChI is InChI=1S/C29H28N4O2/c1-20-30-17-18-33(20)19-21-7-11-23(12-8-21)31-28(34)16-15-26-25-5-3-4-6-27(25)32-29(26)22-9-13-24(35-2)14-10-22/h3-14,17-18,32H,15-16,19H2,1-2H3,(H,31,34). The summed E-state index contributed by atoms with van der Waals surface area (Å²) in [5, 5.41) is 4.18. The van der Waals surface area contributed by atoms with Crippen LogP contribution in [0, 0.1) is 6.92 Å². The second kappa shape index (κ2) is 9.89. The maximum Gasteiger partial charge on any atom is 0.224 e. The van der Waals surface area contributed by atoms with Crippen LogP contribution in [0.1, 0.15) is 23.4 Å². The van der Waals surface area contributed by atoms with Gasteiger partial charge in [0.1, 0.15) is 11.6 Å². The molecule has 0 fully saturated rings. The lowest BCUT2D eigenvalue weighted by molar-refractivity contribution is -0.116. The third-order valence-electron chi connectivity index (χ3n) is 6.31. The van der Waals surface area contributed by atoms with Gasteiger partial charge in [0.25, 0.3) is 0 Å². The van der Waals surface area contributed by atoms with Crippen LogP contribution in [-0.4, -0.2) is 27.6 Å². The van der Waals surface area contributed by atoms with Gasteiger partial charge in [-0.25, -0.2) is 4.98 Å². The number of carbonyl (C=O) groups excluding carboxylic acids is 1. The Morgan fingerprint density at radius 3 is 2.51 bits per heavy atom. The average Bonchev–Trinajstić information content (AvgIpc) is 3.47. The SMILES string of the molecule is COc1ccc(-c2[nH]c3ccccc3c2CCC(=O)Nc2ccc(Cn3ccnc3C)cc2)cc1. The molecule has 0 aliphatic rings. The van der Waals surface area contributed by atoms with Crippen molar-refractivity contribution in [3.63, 3.8) is 0 Å². The Labute approximate surface area is 204 Å². The fourth-order valence-electron chi connectivity index (χ4n) is 4.39. The van der Waals surface area contributed by atoms with E-state index in [9.17, 15) is 4.79 Å². The maximum absolute atomic E-state index is 12.8. The van der Waals surface area contributed by atoms with E-state index in [0.717, 1.165) is 57.1 Å². The van der Waals surface area contributed by atoms with Gasteiger partial charge in [-0.1, -0.05) is 30.3 Å². The van der Waals surface area contributed by atoms with Crippen molar-refractivity contribution in [3.05, 3.63) is 102 Å². The Bertz CT molecular complexity index is 1450. The van der Waals surface area contributed by atoms with E-state index in [2.05, 4.69) is 32.0 Å². The van der Waals surface area contributed by atoms with E-state index >= 15 is 0 Å². The molecule has 0 saturated carbocycles. The van der Waals surface area contributed by atoms with Gasteiger partial charge in [-0.15, -0.1) is 0 Å². The summed E-state index contributed by atoms with van der Waals surface area (Å²) in [5.41, 5.74) is 6.29. The van der Waals surface area contributed by atoms with E-state index < -0.39 is 0 Å². The lowest BCUT2D eigenvalue weighted by atomic mass is 10.0. The third-order valence-corrected chi connectivity index (χ3v) is 6.31. The minimum absolute atomic E-state index is 0.00540. The third kappa shape index (κ3) is 4.96. The normalized spacial score (nSPS) is 11.0. The molecule has 2 heterocycles.